The summed E-state index contributed by atoms with van der Waals surface area (Å²) >= 11 is 0. The van der Waals surface area contributed by atoms with E-state index in [1.807, 2.05) is 18.3 Å². The minimum absolute atomic E-state index is 0.0110. The number of carbonyl (C=O) groups is 1. The molecule has 3 aliphatic heterocycles. The van der Waals surface area contributed by atoms with Crippen molar-refractivity contribution < 1.29 is 14.3 Å². The normalized spacial score (nSPS) is 21.4. The number of ether oxygens (including phenoxy) is 2. The van der Waals surface area contributed by atoms with Gasteiger partial charge in [0.2, 0.25) is 0 Å². The van der Waals surface area contributed by atoms with Crippen molar-refractivity contribution >= 4 is 28.9 Å². The van der Waals surface area contributed by atoms with E-state index in [2.05, 4.69) is 35.8 Å². The lowest BCUT2D eigenvalue weighted by Crippen LogP contribution is -2.45. The van der Waals surface area contributed by atoms with Gasteiger partial charge in [-0.05, 0) is 69.2 Å². The number of nitrogens with zero attached hydrogens (tertiary/aromatic N) is 4. The van der Waals surface area contributed by atoms with E-state index in [0.29, 0.717) is 31.0 Å². The maximum absolute atomic E-state index is 14.4. The number of aromatic nitrogens is 1. The lowest BCUT2D eigenvalue weighted by atomic mass is 9.82. The molecule has 3 fully saturated rings. The van der Waals surface area contributed by atoms with Gasteiger partial charge in [0.1, 0.15) is 5.82 Å². The molecule has 6 rings (SSSR count). The summed E-state index contributed by atoms with van der Waals surface area (Å²) in [6.45, 7) is 6.75. The van der Waals surface area contributed by atoms with Crippen molar-refractivity contribution in [3.63, 3.8) is 0 Å². The third-order valence-corrected chi connectivity index (χ3v) is 8.89. The van der Waals surface area contributed by atoms with Crippen LogP contribution in [0.25, 0.3) is 0 Å². The number of pyridine rings is 1. The van der Waals surface area contributed by atoms with Crippen LogP contribution in [0, 0.1) is 12.8 Å². The summed E-state index contributed by atoms with van der Waals surface area (Å²) in [5.74, 6) is 0.972. The molecular weight excluding hydrogens is 516 g/mol. The Morgan fingerprint density at radius 3 is 2.39 bits per heavy atom. The van der Waals surface area contributed by atoms with Crippen molar-refractivity contribution in [3.8, 4) is 0 Å². The van der Waals surface area contributed by atoms with Crippen LogP contribution < -0.4 is 15.5 Å². The zero-order valence-corrected chi connectivity index (χ0v) is 24.3. The lowest BCUT2D eigenvalue weighted by Gasteiger charge is -2.33. The van der Waals surface area contributed by atoms with Gasteiger partial charge in [-0.3, -0.25) is 0 Å². The number of carbonyl (C=O) groups excluding carboxylic acids is 1. The second kappa shape index (κ2) is 13.3. The van der Waals surface area contributed by atoms with Gasteiger partial charge < -0.3 is 20.1 Å². The Hall–Kier alpha value is -3.01. The quantitative estimate of drug-likeness (QED) is 0.408. The molecular formula is C32H44N6O3. The largest absolute Gasteiger partial charge is 0.383 e. The molecule has 2 N–H and O–H groups in total. The first-order chi connectivity index (χ1) is 20.2. The maximum atomic E-state index is 14.4. The van der Waals surface area contributed by atoms with Crippen LogP contribution in [0.1, 0.15) is 68.9 Å². The zero-order chi connectivity index (χ0) is 28.0. The average Bonchev–Trinajstić information content (AvgIpc) is 3.14. The standard InChI is InChI=1S/C32H44N6O3/c1-23-7-9-28-29(21-23)37(30-10-8-26(22-35-30)34-16-15-33-25-11-17-40-18-12-25)32(39)38(27-13-19-41-20-14-27)36-31(28)24-5-3-2-4-6-24/h7-10,21-22,24-25,27,33-34H,2-6,11-20H2,1H3. The number of benzene rings is 1. The van der Waals surface area contributed by atoms with Crippen molar-refractivity contribution in [3.05, 3.63) is 47.7 Å². The highest BCUT2D eigenvalue weighted by Crippen LogP contribution is 2.38. The first-order valence-corrected chi connectivity index (χ1v) is 15.6. The van der Waals surface area contributed by atoms with Gasteiger partial charge in [0.25, 0.3) is 0 Å². The van der Waals surface area contributed by atoms with E-state index >= 15 is 0 Å². The van der Waals surface area contributed by atoms with E-state index in [9.17, 15) is 4.79 Å². The Kier molecular flexibility index (Phi) is 9.13. The summed E-state index contributed by atoms with van der Waals surface area (Å²) in [5, 5.41) is 14.0. The van der Waals surface area contributed by atoms with E-state index < -0.39 is 0 Å². The molecule has 0 bridgehead atoms. The average molecular weight is 561 g/mol. The Morgan fingerprint density at radius 2 is 1.66 bits per heavy atom. The number of urea groups is 1. The summed E-state index contributed by atoms with van der Waals surface area (Å²) in [6, 6.07) is 10.8. The number of rotatable bonds is 8. The molecule has 0 atom stereocenters. The van der Waals surface area contributed by atoms with Gasteiger partial charge in [0.05, 0.1) is 29.3 Å². The molecule has 4 aliphatic rings. The molecule has 0 radical (unpaired) electrons. The molecule has 2 saturated heterocycles. The fourth-order valence-electron chi connectivity index (χ4n) is 6.54. The molecule has 9 nitrogen and oxygen atoms in total. The monoisotopic (exact) mass is 560 g/mol. The highest BCUT2D eigenvalue weighted by Gasteiger charge is 2.38. The van der Waals surface area contributed by atoms with Crippen LogP contribution in [-0.2, 0) is 9.47 Å². The molecule has 41 heavy (non-hydrogen) atoms. The van der Waals surface area contributed by atoms with Gasteiger partial charge >= 0.3 is 6.03 Å². The summed E-state index contributed by atoms with van der Waals surface area (Å²) in [5.41, 5.74) is 5.03. The summed E-state index contributed by atoms with van der Waals surface area (Å²) < 4.78 is 11.1. The van der Waals surface area contributed by atoms with Gasteiger partial charge in [-0.15, -0.1) is 0 Å². The van der Waals surface area contributed by atoms with Crippen molar-refractivity contribution in [2.45, 2.75) is 76.8 Å². The molecule has 1 aromatic heterocycles. The Morgan fingerprint density at radius 1 is 0.902 bits per heavy atom. The van der Waals surface area contributed by atoms with Crippen LogP contribution in [0.3, 0.4) is 0 Å². The van der Waals surface area contributed by atoms with Crippen molar-refractivity contribution in [1.29, 1.82) is 0 Å². The minimum atomic E-state index is -0.136. The topological polar surface area (TPSA) is 91.3 Å². The second-order valence-corrected chi connectivity index (χ2v) is 11.8. The highest BCUT2D eigenvalue weighted by atomic mass is 16.5. The summed E-state index contributed by atoms with van der Waals surface area (Å²) in [6.07, 6.45) is 11.5. The van der Waals surface area contributed by atoms with Gasteiger partial charge in [0, 0.05) is 57.0 Å². The van der Waals surface area contributed by atoms with Gasteiger partial charge in [-0.2, -0.15) is 5.10 Å². The van der Waals surface area contributed by atoms with E-state index in [0.717, 1.165) is 93.0 Å². The fraction of sp³-hybridized carbons (Fsp3) is 0.594. The molecule has 0 spiro atoms. The number of hydrogen-bond donors (Lipinski definition) is 2. The summed E-state index contributed by atoms with van der Waals surface area (Å²) in [4.78, 5) is 21.0. The first-order valence-electron chi connectivity index (χ1n) is 15.6. The Labute approximate surface area is 243 Å². The molecule has 2 amide bonds. The Bertz CT molecular complexity index is 1200. The second-order valence-electron chi connectivity index (χ2n) is 11.8. The van der Waals surface area contributed by atoms with Crippen LogP contribution in [0.15, 0.2) is 41.6 Å². The summed E-state index contributed by atoms with van der Waals surface area (Å²) in [7, 11) is 0. The van der Waals surface area contributed by atoms with Crippen molar-refractivity contribution in [2.75, 3.05) is 49.7 Å². The first kappa shape index (κ1) is 28.1. The lowest BCUT2D eigenvalue weighted by molar-refractivity contribution is 0.0480. The van der Waals surface area contributed by atoms with Crippen LogP contribution in [-0.4, -0.2) is 73.3 Å². The number of nitrogens with one attached hydrogen (secondary N) is 2. The molecule has 4 heterocycles. The molecule has 9 heteroatoms. The third kappa shape index (κ3) is 6.58. The van der Waals surface area contributed by atoms with Gasteiger partial charge in [-0.25, -0.2) is 19.7 Å². The van der Waals surface area contributed by atoms with Crippen LogP contribution in [0.5, 0.6) is 0 Å². The van der Waals surface area contributed by atoms with Crippen LogP contribution in [0.2, 0.25) is 0 Å². The van der Waals surface area contributed by atoms with Crippen LogP contribution >= 0.6 is 0 Å². The predicted molar refractivity (Wildman–Crippen MR) is 162 cm³/mol. The zero-order valence-electron chi connectivity index (χ0n) is 24.3. The van der Waals surface area contributed by atoms with E-state index in [1.165, 1.54) is 19.3 Å². The number of aryl methyl sites for hydroxylation is 1. The number of hydrogen-bond acceptors (Lipinski definition) is 7. The highest BCUT2D eigenvalue weighted by molar-refractivity contribution is 6.13. The SMILES string of the molecule is Cc1ccc2c(c1)N(c1ccc(NCCNC3CCOCC3)cn1)C(=O)N(C1CCOCC1)N=C2C1CCCCC1. The number of hydrazone groups is 1. The molecule has 2 aromatic rings. The van der Waals surface area contributed by atoms with E-state index in [-0.39, 0.29) is 12.1 Å². The predicted octanol–water partition coefficient (Wildman–Crippen LogP) is 5.61. The van der Waals surface area contributed by atoms with Gasteiger partial charge in [-0.1, -0.05) is 31.4 Å². The number of amides is 2. The number of anilines is 3. The van der Waals surface area contributed by atoms with Crippen molar-refractivity contribution in [1.82, 2.24) is 15.3 Å². The smallest absolute Gasteiger partial charge is 0.351 e. The molecule has 1 saturated carbocycles. The van der Waals surface area contributed by atoms with E-state index in [4.69, 9.17) is 19.6 Å². The molecule has 1 aromatic carbocycles. The van der Waals surface area contributed by atoms with Crippen LogP contribution in [0.4, 0.5) is 22.0 Å². The van der Waals surface area contributed by atoms with Crippen molar-refractivity contribution in [2.24, 2.45) is 11.0 Å². The molecule has 220 valence electrons. The number of fused-ring (bicyclic) bond motifs is 1. The third-order valence-electron chi connectivity index (χ3n) is 8.89. The Balaban J connectivity index is 1.26. The van der Waals surface area contributed by atoms with E-state index in [1.54, 1.807) is 9.91 Å². The minimum Gasteiger partial charge on any atom is -0.383 e. The maximum Gasteiger partial charge on any atom is 0.351 e. The molecule has 1 aliphatic carbocycles. The fourth-order valence-corrected chi connectivity index (χ4v) is 6.54. The molecule has 0 unspecified atom stereocenters. The van der Waals surface area contributed by atoms with Gasteiger partial charge in [0.15, 0.2) is 0 Å².